The highest BCUT2D eigenvalue weighted by Crippen LogP contribution is 2.14. The Bertz CT molecular complexity index is 512. The van der Waals surface area contributed by atoms with Crippen molar-refractivity contribution in [3.05, 3.63) is 29.3 Å². The van der Waals surface area contributed by atoms with Crippen molar-refractivity contribution < 1.29 is 9.59 Å². The molecule has 0 spiro atoms. The van der Waals surface area contributed by atoms with Gasteiger partial charge in [0, 0.05) is 12.2 Å². The van der Waals surface area contributed by atoms with E-state index in [4.69, 9.17) is 0 Å². The molecule has 116 valence electrons. The van der Waals surface area contributed by atoms with Gasteiger partial charge in [-0.15, -0.1) is 0 Å². The summed E-state index contributed by atoms with van der Waals surface area (Å²) in [5.41, 5.74) is 3.22. The zero-order valence-electron chi connectivity index (χ0n) is 13.4. The summed E-state index contributed by atoms with van der Waals surface area (Å²) in [6.07, 6.45) is 0. The third-order valence-electron chi connectivity index (χ3n) is 3.19. The monoisotopic (exact) mass is 291 g/mol. The Morgan fingerprint density at radius 2 is 1.76 bits per heavy atom. The van der Waals surface area contributed by atoms with Crippen LogP contribution >= 0.6 is 0 Å². The van der Waals surface area contributed by atoms with Crippen molar-refractivity contribution in [1.29, 1.82) is 0 Å². The van der Waals surface area contributed by atoms with Crippen molar-refractivity contribution in [2.24, 2.45) is 5.92 Å². The van der Waals surface area contributed by atoms with Crippen LogP contribution in [0.15, 0.2) is 18.2 Å². The lowest BCUT2D eigenvalue weighted by atomic mass is 10.1. The number of hydrogen-bond donors (Lipinski definition) is 3. The molecule has 3 N–H and O–H groups in total. The van der Waals surface area contributed by atoms with E-state index in [1.165, 1.54) is 5.56 Å². The van der Waals surface area contributed by atoms with Crippen molar-refractivity contribution in [1.82, 2.24) is 10.6 Å². The highest BCUT2D eigenvalue weighted by molar-refractivity contribution is 5.97. The summed E-state index contributed by atoms with van der Waals surface area (Å²) in [5.74, 6) is -0.00795. The van der Waals surface area contributed by atoms with E-state index in [-0.39, 0.29) is 5.91 Å². The van der Waals surface area contributed by atoms with E-state index in [0.717, 1.165) is 11.3 Å². The zero-order valence-corrected chi connectivity index (χ0v) is 13.4. The van der Waals surface area contributed by atoms with Crippen molar-refractivity contribution in [2.75, 3.05) is 11.9 Å². The van der Waals surface area contributed by atoms with E-state index in [0.29, 0.717) is 12.5 Å². The number of anilines is 1. The minimum Gasteiger partial charge on any atom is -0.374 e. The summed E-state index contributed by atoms with van der Waals surface area (Å²) in [6, 6.07) is 4.96. The van der Waals surface area contributed by atoms with E-state index in [1.807, 2.05) is 45.9 Å². The van der Waals surface area contributed by atoms with Crippen LogP contribution in [0.25, 0.3) is 0 Å². The molecule has 0 radical (unpaired) electrons. The second-order valence-electron chi connectivity index (χ2n) is 5.76. The molecule has 0 aliphatic rings. The van der Waals surface area contributed by atoms with E-state index in [1.54, 1.807) is 6.92 Å². The second kappa shape index (κ2) is 7.67. The van der Waals surface area contributed by atoms with Crippen LogP contribution in [0.4, 0.5) is 10.5 Å². The predicted octanol–water partition coefficient (Wildman–Crippen LogP) is 2.59. The fourth-order valence-corrected chi connectivity index (χ4v) is 1.71. The topological polar surface area (TPSA) is 70.2 Å². The first kappa shape index (κ1) is 17.0. The first-order valence-corrected chi connectivity index (χ1v) is 7.22. The van der Waals surface area contributed by atoms with Crippen molar-refractivity contribution >= 4 is 17.6 Å². The lowest BCUT2D eigenvalue weighted by Gasteiger charge is -2.16. The molecule has 0 aliphatic heterocycles. The molecule has 0 unspecified atom stereocenters. The molecule has 3 amide bonds. The van der Waals surface area contributed by atoms with Crippen LogP contribution in [0.5, 0.6) is 0 Å². The lowest BCUT2D eigenvalue weighted by Crippen LogP contribution is -2.46. The number of amides is 3. The van der Waals surface area contributed by atoms with Crippen molar-refractivity contribution in [3.8, 4) is 0 Å². The highest BCUT2D eigenvalue weighted by Gasteiger charge is 2.15. The largest absolute Gasteiger partial charge is 0.374 e. The second-order valence-corrected chi connectivity index (χ2v) is 5.76. The van der Waals surface area contributed by atoms with Gasteiger partial charge in [0.25, 0.3) is 0 Å². The smallest absolute Gasteiger partial charge is 0.321 e. The average Bonchev–Trinajstić information content (AvgIpc) is 2.40. The van der Waals surface area contributed by atoms with Crippen LogP contribution in [0.1, 0.15) is 31.9 Å². The van der Waals surface area contributed by atoms with Gasteiger partial charge >= 0.3 is 6.03 Å². The standard InChI is InChI=1S/C16H25N3O2/c1-10(2)9-17-16(21)19-15(20)13(5)18-14-7-6-11(3)12(4)8-14/h6-8,10,13,18H,9H2,1-5H3,(H2,17,19,20,21)/t13-/m0/s1. The van der Waals surface area contributed by atoms with Crippen LogP contribution < -0.4 is 16.0 Å². The third-order valence-corrected chi connectivity index (χ3v) is 3.19. The minimum atomic E-state index is -0.489. The van der Waals surface area contributed by atoms with Gasteiger partial charge < -0.3 is 10.6 Å². The summed E-state index contributed by atoms with van der Waals surface area (Å²) in [4.78, 5) is 23.5. The average molecular weight is 291 g/mol. The maximum atomic E-state index is 11.9. The number of carbonyl (C=O) groups is 2. The Balaban J connectivity index is 2.50. The molecule has 0 saturated heterocycles. The van der Waals surface area contributed by atoms with Gasteiger partial charge in [-0.25, -0.2) is 4.79 Å². The van der Waals surface area contributed by atoms with Gasteiger partial charge in [-0.05, 0) is 49.9 Å². The number of hydrogen-bond acceptors (Lipinski definition) is 3. The lowest BCUT2D eigenvalue weighted by molar-refractivity contribution is -0.120. The number of carbonyl (C=O) groups excluding carboxylic acids is 2. The maximum Gasteiger partial charge on any atom is 0.321 e. The Labute approximate surface area is 126 Å². The number of urea groups is 1. The molecule has 0 fully saturated rings. The molecule has 5 heteroatoms. The number of nitrogens with one attached hydrogen (secondary N) is 3. The Morgan fingerprint density at radius 3 is 2.33 bits per heavy atom. The summed E-state index contributed by atoms with van der Waals surface area (Å²) < 4.78 is 0. The summed E-state index contributed by atoms with van der Waals surface area (Å²) in [5, 5.41) is 8.07. The van der Waals surface area contributed by atoms with Crippen LogP contribution in [-0.4, -0.2) is 24.5 Å². The number of imide groups is 1. The Hall–Kier alpha value is -2.04. The van der Waals surface area contributed by atoms with E-state index in [9.17, 15) is 9.59 Å². The zero-order chi connectivity index (χ0) is 16.0. The van der Waals surface area contributed by atoms with Gasteiger partial charge in [0.2, 0.25) is 5.91 Å². The number of rotatable bonds is 5. The SMILES string of the molecule is Cc1ccc(N[C@@H](C)C(=O)NC(=O)NCC(C)C)cc1C. The van der Waals surface area contributed by atoms with Crippen molar-refractivity contribution in [2.45, 2.75) is 40.7 Å². The molecule has 1 aromatic carbocycles. The van der Waals surface area contributed by atoms with E-state index < -0.39 is 12.1 Å². The predicted molar refractivity (Wildman–Crippen MR) is 85.4 cm³/mol. The van der Waals surface area contributed by atoms with Gasteiger partial charge in [0.1, 0.15) is 6.04 Å². The van der Waals surface area contributed by atoms with Gasteiger partial charge in [-0.1, -0.05) is 19.9 Å². The van der Waals surface area contributed by atoms with Crippen LogP contribution in [0.3, 0.4) is 0 Å². The minimum absolute atomic E-state index is 0.344. The van der Waals surface area contributed by atoms with Gasteiger partial charge in [-0.3, -0.25) is 10.1 Å². The Morgan fingerprint density at radius 1 is 1.10 bits per heavy atom. The summed E-state index contributed by atoms with van der Waals surface area (Å²) in [6.45, 7) is 10.3. The first-order valence-electron chi connectivity index (χ1n) is 7.22. The highest BCUT2D eigenvalue weighted by atomic mass is 16.2. The summed E-state index contributed by atoms with van der Waals surface area (Å²) in [7, 11) is 0. The Kier molecular flexibility index (Phi) is 6.21. The van der Waals surface area contributed by atoms with E-state index in [2.05, 4.69) is 16.0 Å². The molecule has 0 bridgehead atoms. The molecule has 1 rings (SSSR count). The van der Waals surface area contributed by atoms with E-state index >= 15 is 0 Å². The fraction of sp³-hybridized carbons (Fsp3) is 0.500. The van der Waals surface area contributed by atoms with Crippen LogP contribution in [-0.2, 0) is 4.79 Å². The molecule has 0 saturated carbocycles. The van der Waals surface area contributed by atoms with Crippen LogP contribution in [0, 0.1) is 19.8 Å². The molecular weight excluding hydrogens is 266 g/mol. The molecule has 0 aromatic heterocycles. The first-order chi connectivity index (χ1) is 9.79. The third kappa shape index (κ3) is 5.85. The molecule has 21 heavy (non-hydrogen) atoms. The van der Waals surface area contributed by atoms with Crippen LogP contribution in [0.2, 0.25) is 0 Å². The number of benzene rings is 1. The van der Waals surface area contributed by atoms with Gasteiger partial charge in [0.05, 0.1) is 0 Å². The molecule has 0 heterocycles. The molecule has 1 atom stereocenters. The fourth-order valence-electron chi connectivity index (χ4n) is 1.71. The van der Waals surface area contributed by atoms with Gasteiger partial charge in [0.15, 0.2) is 0 Å². The molecule has 1 aromatic rings. The summed E-state index contributed by atoms with van der Waals surface area (Å²) >= 11 is 0. The number of aryl methyl sites for hydroxylation is 2. The quantitative estimate of drug-likeness (QED) is 0.781. The molecular formula is C16H25N3O2. The molecule has 5 nitrogen and oxygen atoms in total. The van der Waals surface area contributed by atoms with Crippen molar-refractivity contribution in [3.63, 3.8) is 0 Å². The van der Waals surface area contributed by atoms with Gasteiger partial charge in [-0.2, -0.15) is 0 Å². The normalized spacial score (nSPS) is 11.9. The maximum absolute atomic E-state index is 11.9. The molecule has 0 aliphatic carbocycles.